The minimum Gasteiger partial charge on any atom is -0.507 e. The Kier molecular flexibility index (Phi) is 4.50. The summed E-state index contributed by atoms with van der Waals surface area (Å²) in [5.74, 6) is -2.86. The van der Waals surface area contributed by atoms with E-state index < -0.39 is 29.2 Å². The van der Waals surface area contributed by atoms with Crippen LogP contribution in [0.1, 0.15) is 51.3 Å². The number of esters is 1. The van der Waals surface area contributed by atoms with Crippen molar-refractivity contribution in [2.75, 3.05) is 6.61 Å². The third-order valence-corrected chi connectivity index (χ3v) is 4.44. The zero-order valence-electron chi connectivity index (χ0n) is 14.4. The van der Waals surface area contributed by atoms with Gasteiger partial charge in [-0.2, -0.15) is 0 Å². The van der Waals surface area contributed by atoms with E-state index in [1.165, 1.54) is 18.2 Å². The molecular formula is C20H18O6. The van der Waals surface area contributed by atoms with Crippen molar-refractivity contribution in [2.24, 2.45) is 5.92 Å². The lowest BCUT2D eigenvalue weighted by Gasteiger charge is -2.21. The number of phenolic OH excluding ortho intramolecular Hbond substituents is 2. The zero-order valence-corrected chi connectivity index (χ0v) is 14.4. The molecule has 2 aromatic rings. The second-order valence-corrected chi connectivity index (χ2v) is 6.21. The average Bonchev–Trinajstić information content (AvgIpc) is 2.62. The minimum absolute atomic E-state index is 0.0641. The lowest BCUT2D eigenvalue weighted by molar-refractivity contribution is -0.147. The number of carbonyl (C=O) groups is 3. The van der Waals surface area contributed by atoms with Crippen LogP contribution in [0.3, 0.4) is 0 Å². The molecule has 0 heterocycles. The highest BCUT2D eigenvalue weighted by molar-refractivity contribution is 6.30. The molecule has 1 aliphatic rings. The molecule has 6 nitrogen and oxygen atoms in total. The van der Waals surface area contributed by atoms with Gasteiger partial charge in [-0.1, -0.05) is 31.2 Å². The molecule has 0 bridgehead atoms. The number of ketones is 2. The van der Waals surface area contributed by atoms with Crippen LogP contribution in [-0.2, 0) is 16.0 Å². The number of benzene rings is 2. The molecule has 1 aliphatic carbocycles. The van der Waals surface area contributed by atoms with E-state index in [4.69, 9.17) is 4.74 Å². The molecule has 0 saturated heterocycles. The van der Waals surface area contributed by atoms with Crippen molar-refractivity contribution in [3.63, 3.8) is 0 Å². The summed E-state index contributed by atoms with van der Waals surface area (Å²) in [4.78, 5) is 37.3. The molecule has 2 N–H and O–H groups in total. The van der Waals surface area contributed by atoms with Gasteiger partial charge in [-0.05, 0) is 25.0 Å². The van der Waals surface area contributed by atoms with E-state index in [1.54, 1.807) is 26.0 Å². The maximum Gasteiger partial charge on any atom is 0.308 e. The van der Waals surface area contributed by atoms with E-state index in [0.29, 0.717) is 0 Å². The molecule has 0 fully saturated rings. The maximum atomic E-state index is 12.8. The third-order valence-electron chi connectivity index (χ3n) is 4.44. The summed E-state index contributed by atoms with van der Waals surface area (Å²) in [6, 6.07) is 7.48. The Hall–Kier alpha value is -3.15. The summed E-state index contributed by atoms with van der Waals surface area (Å²) >= 11 is 0. The predicted molar refractivity (Wildman–Crippen MR) is 92.6 cm³/mol. The molecule has 0 amide bonds. The second kappa shape index (κ2) is 6.63. The summed E-state index contributed by atoms with van der Waals surface area (Å²) in [6.45, 7) is 3.54. The summed E-state index contributed by atoms with van der Waals surface area (Å²) in [5.41, 5.74) is 0.142. The van der Waals surface area contributed by atoms with Gasteiger partial charge < -0.3 is 14.9 Å². The van der Waals surface area contributed by atoms with Crippen LogP contribution in [0.2, 0.25) is 0 Å². The fourth-order valence-electron chi connectivity index (χ4n) is 3.17. The number of rotatable bonds is 4. The Bertz CT molecular complexity index is 928. The van der Waals surface area contributed by atoms with Crippen LogP contribution in [0.15, 0.2) is 30.3 Å². The number of carbonyl (C=O) groups excluding carboxylic acids is 3. The third kappa shape index (κ3) is 2.73. The molecule has 6 heteroatoms. The fraction of sp³-hybridized carbons (Fsp3) is 0.250. The molecule has 134 valence electrons. The van der Waals surface area contributed by atoms with Crippen LogP contribution < -0.4 is 0 Å². The summed E-state index contributed by atoms with van der Waals surface area (Å²) in [5, 5.41) is 20.9. The number of ether oxygens (including phenoxy) is 1. The van der Waals surface area contributed by atoms with Crippen LogP contribution in [0.4, 0.5) is 0 Å². The van der Waals surface area contributed by atoms with Gasteiger partial charge in [-0.3, -0.25) is 14.4 Å². The Morgan fingerprint density at radius 3 is 2.23 bits per heavy atom. The minimum atomic E-state index is -0.583. The van der Waals surface area contributed by atoms with Gasteiger partial charge in [0.2, 0.25) is 0 Å². The van der Waals surface area contributed by atoms with Crippen molar-refractivity contribution in [2.45, 2.75) is 20.3 Å². The molecule has 0 aromatic heterocycles. The first-order valence-electron chi connectivity index (χ1n) is 8.29. The van der Waals surface area contributed by atoms with Crippen molar-refractivity contribution in [1.82, 2.24) is 0 Å². The highest BCUT2D eigenvalue weighted by atomic mass is 16.5. The molecule has 1 unspecified atom stereocenters. The quantitative estimate of drug-likeness (QED) is 0.552. The van der Waals surface area contributed by atoms with Crippen LogP contribution in [0.5, 0.6) is 11.5 Å². The number of aromatic hydroxyl groups is 2. The highest BCUT2D eigenvalue weighted by Crippen LogP contribution is 2.40. The van der Waals surface area contributed by atoms with Gasteiger partial charge in [-0.25, -0.2) is 0 Å². The van der Waals surface area contributed by atoms with Crippen molar-refractivity contribution in [3.8, 4) is 11.5 Å². The van der Waals surface area contributed by atoms with Crippen molar-refractivity contribution in [1.29, 1.82) is 0 Å². The molecule has 26 heavy (non-hydrogen) atoms. The Balaban J connectivity index is 2.09. The molecule has 2 aromatic carbocycles. The number of hydrogen-bond donors (Lipinski definition) is 2. The normalized spacial score (nSPS) is 13.8. The molecule has 0 spiro atoms. The average molecular weight is 354 g/mol. The van der Waals surface area contributed by atoms with Crippen LogP contribution >= 0.6 is 0 Å². The zero-order chi connectivity index (χ0) is 19.0. The van der Waals surface area contributed by atoms with Gasteiger partial charge in [0.25, 0.3) is 0 Å². The van der Waals surface area contributed by atoms with Gasteiger partial charge in [0, 0.05) is 11.1 Å². The second-order valence-electron chi connectivity index (χ2n) is 6.21. The number of phenols is 2. The van der Waals surface area contributed by atoms with Crippen LogP contribution in [-0.4, -0.2) is 34.4 Å². The largest absolute Gasteiger partial charge is 0.507 e. The van der Waals surface area contributed by atoms with E-state index in [0.717, 1.165) is 0 Å². The fourth-order valence-corrected chi connectivity index (χ4v) is 3.17. The lowest BCUT2D eigenvalue weighted by Crippen LogP contribution is -2.22. The van der Waals surface area contributed by atoms with Crippen LogP contribution in [0, 0.1) is 5.92 Å². The molecule has 0 radical (unpaired) electrons. The summed E-state index contributed by atoms with van der Waals surface area (Å²) in [7, 11) is 0. The molecular weight excluding hydrogens is 336 g/mol. The van der Waals surface area contributed by atoms with Crippen molar-refractivity contribution >= 4 is 17.5 Å². The maximum absolute atomic E-state index is 12.8. The van der Waals surface area contributed by atoms with E-state index >= 15 is 0 Å². The predicted octanol–water partition coefficient (Wildman–Crippen LogP) is 2.61. The molecule has 0 saturated carbocycles. The first-order chi connectivity index (χ1) is 12.4. The number of fused-ring (bicyclic) bond motifs is 2. The summed E-state index contributed by atoms with van der Waals surface area (Å²) in [6.07, 6.45) is 0.0641. The summed E-state index contributed by atoms with van der Waals surface area (Å²) < 4.78 is 4.94. The van der Waals surface area contributed by atoms with Gasteiger partial charge >= 0.3 is 5.97 Å². The van der Waals surface area contributed by atoms with Crippen molar-refractivity contribution < 1.29 is 29.3 Å². The smallest absolute Gasteiger partial charge is 0.308 e. The van der Waals surface area contributed by atoms with E-state index in [9.17, 15) is 24.6 Å². The van der Waals surface area contributed by atoms with Gasteiger partial charge in [-0.15, -0.1) is 0 Å². The topological polar surface area (TPSA) is 101 Å². The van der Waals surface area contributed by atoms with Crippen LogP contribution in [0.25, 0.3) is 0 Å². The first-order valence-corrected chi connectivity index (χ1v) is 8.29. The van der Waals surface area contributed by atoms with Gasteiger partial charge in [0.1, 0.15) is 11.5 Å². The Morgan fingerprint density at radius 2 is 1.65 bits per heavy atom. The molecule has 0 aliphatic heterocycles. The first kappa shape index (κ1) is 17.7. The number of hydrogen-bond acceptors (Lipinski definition) is 6. The van der Waals surface area contributed by atoms with Crippen molar-refractivity contribution in [3.05, 3.63) is 58.1 Å². The lowest BCUT2D eigenvalue weighted by atomic mass is 9.81. The SMILES string of the molecule is CCOC(=O)C(C)Cc1cc(O)c2c(c1O)C(=O)c1ccccc1C2=O. The monoisotopic (exact) mass is 354 g/mol. The highest BCUT2D eigenvalue weighted by Gasteiger charge is 2.35. The standard InChI is InChI=1S/C20H18O6/c1-3-26-20(25)10(2)8-11-9-14(21)15-16(17(11)22)19(24)13-7-5-4-6-12(13)18(15)23/h4-7,9-10,21-22H,3,8H2,1-2H3. The van der Waals surface area contributed by atoms with Gasteiger partial charge in [0.05, 0.1) is 23.7 Å². The molecule has 3 rings (SSSR count). The Morgan fingerprint density at radius 1 is 1.08 bits per heavy atom. The van der Waals surface area contributed by atoms with E-state index in [1.807, 2.05) is 0 Å². The Labute approximate surface area is 150 Å². The molecule has 1 atom stereocenters. The van der Waals surface area contributed by atoms with E-state index in [2.05, 4.69) is 0 Å². The van der Waals surface area contributed by atoms with Gasteiger partial charge in [0.15, 0.2) is 11.6 Å². The van der Waals surface area contributed by atoms with E-state index in [-0.39, 0.29) is 46.6 Å².